The maximum absolute atomic E-state index is 14.1. The number of halogens is 3. The lowest BCUT2D eigenvalue weighted by Crippen LogP contribution is -2.32. The number of aryl methyl sites for hydroxylation is 2. The second kappa shape index (κ2) is 11.3. The number of nitrogens with zero attached hydrogens (tertiary/aromatic N) is 3. The van der Waals surface area contributed by atoms with Crippen LogP contribution in [0.2, 0.25) is 0 Å². The molecule has 4 rings (SSSR count). The Bertz CT molecular complexity index is 1560. The second-order valence-corrected chi connectivity index (χ2v) is 12.8. The molecule has 0 saturated heterocycles. The van der Waals surface area contributed by atoms with Crippen molar-refractivity contribution >= 4 is 17.4 Å². The van der Waals surface area contributed by atoms with Gasteiger partial charge in [0.25, 0.3) is 5.91 Å². The van der Waals surface area contributed by atoms with E-state index in [1.807, 2.05) is 25.4 Å². The van der Waals surface area contributed by atoms with E-state index in [1.165, 1.54) is 6.07 Å². The first kappa shape index (κ1) is 30.2. The molecule has 41 heavy (non-hydrogen) atoms. The van der Waals surface area contributed by atoms with Gasteiger partial charge in [0.05, 0.1) is 16.8 Å². The van der Waals surface area contributed by atoms with Crippen molar-refractivity contribution in [1.82, 2.24) is 19.7 Å². The largest absolute Gasteiger partial charge is 0.417 e. The van der Waals surface area contributed by atoms with E-state index in [4.69, 9.17) is 0 Å². The van der Waals surface area contributed by atoms with Crippen molar-refractivity contribution in [3.63, 3.8) is 0 Å². The zero-order valence-corrected chi connectivity index (χ0v) is 24.7. The number of alkyl halides is 3. The van der Waals surface area contributed by atoms with Gasteiger partial charge in [-0.1, -0.05) is 52.8 Å². The van der Waals surface area contributed by atoms with Crippen LogP contribution in [0.5, 0.6) is 0 Å². The van der Waals surface area contributed by atoms with Gasteiger partial charge in [-0.05, 0) is 66.0 Å². The van der Waals surface area contributed by atoms with Gasteiger partial charge in [-0.15, -0.1) is 0 Å². The van der Waals surface area contributed by atoms with E-state index in [-0.39, 0.29) is 17.4 Å². The molecule has 0 radical (unpaired) electrons. The predicted octanol–water partition coefficient (Wildman–Crippen LogP) is 7.84. The SMILES string of the molecule is Cc1cnc2nc(-c3ccc(C)c(NC(=O)c4ccc(CNCC(C)(C)CC(C)(C)C)cc4C(F)(F)F)c3)cn2c1. The summed E-state index contributed by atoms with van der Waals surface area (Å²) < 4.78 is 44.1. The summed E-state index contributed by atoms with van der Waals surface area (Å²) in [5, 5.41) is 5.99. The Morgan fingerprint density at radius 3 is 2.39 bits per heavy atom. The number of amides is 1. The molecule has 0 aliphatic carbocycles. The Balaban J connectivity index is 1.54. The average Bonchev–Trinajstić information content (AvgIpc) is 3.26. The van der Waals surface area contributed by atoms with Crippen LogP contribution in [0.1, 0.15) is 73.7 Å². The minimum absolute atomic E-state index is 0.0178. The molecule has 2 aromatic carbocycles. The van der Waals surface area contributed by atoms with Crippen LogP contribution in [0.3, 0.4) is 0 Å². The number of fused-ring (bicyclic) bond motifs is 1. The second-order valence-electron chi connectivity index (χ2n) is 12.8. The van der Waals surface area contributed by atoms with Gasteiger partial charge in [-0.3, -0.25) is 9.20 Å². The van der Waals surface area contributed by atoms with Crippen molar-refractivity contribution in [2.75, 3.05) is 11.9 Å². The molecule has 0 unspecified atom stereocenters. The van der Waals surface area contributed by atoms with Crippen LogP contribution in [-0.4, -0.2) is 26.8 Å². The molecule has 2 aromatic heterocycles. The molecule has 0 aliphatic heterocycles. The third-order valence-electron chi connectivity index (χ3n) is 6.80. The Kier molecular flexibility index (Phi) is 8.32. The molecule has 6 nitrogen and oxygen atoms in total. The predicted molar refractivity (Wildman–Crippen MR) is 157 cm³/mol. The van der Waals surface area contributed by atoms with Crippen molar-refractivity contribution < 1.29 is 18.0 Å². The summed E-state index contributed by atoms with van der Waals surface area (Å²) in [6.07, 6.45) is 1.73. The van der Waals surface area contributed by atoms with Crippen molar-refractivity contribution in [3.8, 4) is 11.3 Å². The van der Waals surface area contributed by atoms with Gasteiger partial charge >= 0.3 is 6.18 Å². The fourth-order valence-electron chi connectivity index (χ4n) is 5.41. The summed E-state index contributed by atoms with van der Waals surface area (Å²) in [4.78, 5) is 22.0. The highest BCUT2D eigenvalue weighted by Crippen LogP contribution is 2.35. The topological polar surface area (TPSA) is 71.3 Å². The summed E-state index contributed by atoms with van der Waals surface area (Å²) in [7, 11) is 0. The van der Waals surface area contributed by atoms with E-state index in [2.05, 4.69) is 55.2 Å². The average molecular weight is 566 g/mol. The molecule has 0 aliphatic rings. The van der Waals surface area contributed by atoms with E-state index in [1.54, 1.807) is 35.7 Å². The van der Waals surface area contributed by atoms with Crippen LogP contribution >= 0.6 is 0 Å². The lowest BCUT2D eigenvalue weighted by Gasteiger charge is -2.32. The Hall–Kier alpha value is -3.72. The van der Waals surface area contributed by atoms with Gasteiger partial charge in [-0.2, -0.15) is 13.2 Å². The third-order valence-corrected chi connectivity index (χ3v) is 6.80. The van der Waals surface area contributed by atoms with Crippen LogP contribution in [0.25, 0.3) is 17.0 Å². The first-order valence-electron chi connectivity index (χ1n) is 13.7. The van der Waals surface area contributed by atoms with Gasteiger partial charge in [-0.25, -0.2) is 9.97 Å². The summed E-state index contributed by atoms with van der Waals surface area (Å²) in [6, 6.07) is 9.26. The van der Waals surface area contributed by atoms with E-state index in [9.17, 15) is 18.0 Å². The van der Waals surface area contributed by atoms with Crippen LogP contribution < -0.4 is 10.6 Å². The molecular weight excluding hydrogens is 527 g/mol. The number of imidazole rings is 1. The highest BCUT2D eigenvalue weighted by Gasteiger charge is 2.35. The van der Waals surface area contributed by atoms with Crippen LogP contribution in [-0.2, 0) is 12.7 Å². The summed E-state index contributed by atoms with van der Waals surface area (Å²) in [5.41, 5.74) is 2.66. The molecule has 1 amide bonds. The fourth-order valence-corrected chi connectivity index (χ4v) is 5.41. The van der Waals surface area contributed by atoms with Gasteiger partial charge < -0.3 is 10.6 Å². The zero-order valence-electron chi connectivity index (χ0n) is 24.7. The smallest absolute Gasteiger partial charge is 0.322 e. The summed E-state index contributed by atoms with van der Waals surface area (Å²) >= 11 is 0. The Labute approximate surface area is 239 Å². The molecule has 9 heteroatoms. The number of nitrogens with one attached hydrogen (secondary N) is 2. The standard InChI is InChI=1S/C32H38F3N5O/c1-20-14-37-29-39-27(17-40(29)16-20)23-10-8-21(2)26(13-23)38-28(41)24-11-9-22(12-25(24)32(33,34)35)15-36-19-31(6,7)18-30(3,4)5/h8-14,16-17,36H,15,18-19H2,1-7H3,(H,38,41). The van der Waals surface area contributed by atoms with Gasteiger partial charge in [0.15, 0.2) is 0 Å². The highest BCUT2D eigenvalue weighted by atomic mass is 19.4. The summed E-state index contributed by atoms with van der Waals surface area (Å²) in [5.74, 6) is -0.297. The molecule has 0 atom stereocenters. The monoisotopic (exact) mass is 565 g/mol. The number of carbonyl (C=O) groups is 1. The van der Waals surface area contributed by atoms with Crippen molar-refractivity contribution in [2.45, 2.75) is 67.6 Å². The maximum Gasteiger partial charge on any atom is 0.417 e. The molecule has 218 valence electrons. The van der Waals surface area contributed by atoms with E-state index >= 15 is 0 Å². The minimum atomic E-state index is -4.69. The molecule has 2 heterocycles. The van der Waals surface area contributed by atoms with Crippen molar-refractivity contribution in [2.24, 2.45) is 10.8 Å². The molecule has 0 spiro atoms. The molecular formula is C32H38F3N5O. The van der Waals surface area contributed by atoms with Gasteiger partial charge in [0, 0.05) is 42.9 Å². The molecule has 4 aromatic rings. The maximum atomic E-state index is 14.1. The number of hydrogen-bond donors (Lipinski definition) is 2. The number of hydrogen-bond acceptors (Lipinski definition) is 4. The molecule has 0 saturated carbocycles. The van der Waals surface area contributed by atoms with Crippen molar-refractivity contribution in [3.05, 3.63) is 82.8 Å². The van der Waals surface area contributed by atoms with Crippen LogP contribution in [0, 0.1) is 24.7 Å². The number of aromatic nitrogens is 3. The Morgan fingerprint density at radius 2 is 1.71 bits per heavy atom. The van der Waals surface area contributed by atoms with E-state index < -0.39 is 23.2 Å². The van der Waals surface area contributed by atoms with Crippen molar-refractivity contribution in [1.29, 1.82) is 0 Å². The first-order valence-corrected chi connectivity index (χ1v) is 13.7. The third kappa shape index (κ3) is 7.73. The van der Waals surface area contributed by atoms with Crippen LogP contribution in [0.15, 0.2) is 55.0 Å². The number of rotatable bonds is 8. The van der Waals surface area contributed by atoms with Gasteiger partial charge in [0.2, 0.25) is 5.78 Å². The fraction of sp³-hybridized carbons (Fsp3) is 0.406. The first-order chi connectivity index (χ1) is 19.0. The number of carbonyl (C=O) groups excluding carboxylic acids is 1. The number of benzene rings is 2. The zero-order chi connectivity index (χ0) is 30.2. The quantitative estimate of drug-likeness (QED) is 0.228. The molecule has 2 N–H and O–H groups in total. The van der Waals surface area contributed by atoms with Crippen LogP contribution in [0.4, 0.5) is 18.9 Å². The summed E-state index contributed by atoms with van der Waals surface area (Å²) in [6.45, 7) is 15.4. The van der Waals surface area contributed by atoms with E-state index in [0.717, 1.165) is 18.1 Å². The van der Waals surface area contributed by atoms with E-state index in [0.29, 0.717) is 40.4 Å². The highest BCUT2D eigenvalue weighted by molar-refractivity contribution is 6.06. The molecule has 0 fully saturated rings. The lowest BCUT2D eigenvalue weighted by molar-refractivity contribution is -0.137. The molecule has 0 bridgehead atoms. The van der Waals surface area contributed by atoms with Gasteiger partial charge in [0.1, 0.15) is 0 Å². The minimum Gasteiger partial charge on any atom is -0.322 e. The normalized spacial score (nSPS) is 12.6. The number of anilines is 1. The Morgan fingerprint density at radius 1 is 0.976 bits per heavy atom. The lowest BCUT2D eigenvalue weighted by atomic mass is 9.76.